The first kappa shape index (κ1) is 25.7. The smallest absolute Gasteiger partial charge is 0.333 e. The van der Waals surface area contributed by atoms with Crippen LogP contribution in [-0.2, 0) is 20.9 Å². The first-order chi connectivity index (χ1) is 15.9. The van der Waals surface area contributed by atoms with Gasteiger partial charge >= 0.3 is 5.97 Å². The number of amides is 1. The summed E-state index contributed by atoms with van der Waals surface area (Å²) in [6, 6.07) is 5.22. The van der Waals surface area contributed by atoms with Gasteiger partial charge in [-0.3, -0.25) is 14.2 Å². The van der Waals surface area contributed by atoms with Crippen LogP contribution < -0.4 is 24.2 Å². The highest BCUT2D eigenvalue weighted by Gasteiger charge is 2.15. The van der Waals surface area contributed by atoms with Crippen LogP contribution >= 0.6 is 11.3 Å². The van der Waals surface area contributed by atoms with E-state index >= 15 is 0 Å². The van der Waals surface area contributed by atoms with Crippen LogP contribution in [0.3, 0.4) is 0 Å². The minimum atomic E-state index is -0.594. The quantitative estimate of drug-likeness (QED) is 0.362. The zero-order chi connectivity index (χ0) is 24.4. The highest BCUT2D eigenvalue weighted by Crippen LogP contribution is 2.22. The van der Waals surface area contributed by atoms with Crippen molar-refractivity contribution in [3.63, 3.8) is 0 Å². The molecule has 2 aromatic rings. The van der Waals surface area contributed by atoms with E-state index in [1.807, 2.05) is 0 Å². The molecule has 2 rings (SSSR count). The molecule has 1 aromatic heterocycles. The van der Waals surface area contributed by atoms with Crippen LogP contribution in [0.15, 0.2) is 48.3 Å². The normalized spacial score (nSPS) is 11.7. The lowest BCUT2D eigenvalue weighted by molar-refractivity contribution is -0.135. The van der Waals surface area contributed by atoms with Gasteiger partial charge in [-0.05, 0) is 30.7 Å². The molecular formula is C24H28N2O6S. The number of hydrogen-bond acceptors (Lipinski definition) is 7. The number of esters is 1. The van der Waals surface area contributed by atoms with Gasteiger partial charge in [0.1, 0.15) is 22.7 Å². The van der Waals surface area contributed by atoms with Crippen LogP contribution in [0, 0.1) is 0 Å². The Balaban J connectivity index is 2.63. The van der Waals surface area contributed by atoms with Gasteiger partial charge in [0.15, 0.2) is 0 Å². The maximum atomic E-state index is 13.2. The predicted octanol–water partition coefficient (Wildman–Crippen LogP) is 1.30. The Morgan fingerprint density at radius 3 is 2.21 bits per heavy atom. The average Bonchev–Trinajstić information content (AvgIpc) is 3.07. The van der Waals surface area contributed by atoms with Crippen LogP contribution in [-0.4, -0.2) is 55.3 Å². The summed E-state index contributed by atoms with van der Waals surface area (Å²) in [5.74, 6) is 0.234. The van der Waals surface area contributed by atoms with E-state index in [4.69, 9.17) is 14.2 Å². The molecule has 0 spiro atoms. The van der Waals surface area contributed by atoms with Gasteiger partial charge in [-0.2, -0.15) is 0 Å². The fourth-order valence-corrected chi connectivity index (χ4v) is 4.00. The van der Waals surface area contributed by atoms with Crippen molar-refractivity contribution in [2.45, 2.75) is 13.5 Å². The van der Waals surface area contributed by atoms with E-state index < -0.39 is 11.5 Å². The van der Waals surface area contributed by atoms with Crippen molar-refractivity contribution in [2.75, 3.05) is 33.9 Å². The molecule has 0 aliphatic carbocycles. The molecule has 0 saturated carbocycles. The number of hydrogen-bond donors (Lipinski definition) is 0. The minimum Gasteiger partial charge on any atom is -0.497 e. The van der Waals surface area contributed by atoms with E-state index in [1.54, 1.807) is 43.4 Å². The summed E-state index contributed by atoms with van der Waals surface area (Å²) in [6.45, 7) is 9.58. The van der Waals surface area contributed by atoms with Gasteiger partial charge in [-0.25, -0.2) is 4.79 Å². The maximum absolute atomic E-state index is 13.2. The Bertz CT molecular complexity index is 1160. The molecule has 1 amide bonds. The standard InChI is InChI=1S/C24H28N2O6S/c1-6-9-25(10-7-2)21(27)16-26-22(15-23(28)32-8-3)33-20(24(26)29)13-17-11-18(30-4)14-19(12-17)31-5/h6-7,11-15H,1-2,8-10,16H2,3-5H3/b20-13+,22-15-. The molecule has 0 aliphatic rings. The number of carbonyl (C=O) groups excluding carboxylic acids is 2. The summed E-state index contributed by atoms with van der Waals surface area (Å²) in [7, 11) is 3.07. The summed E-state index contributed by atoms with van der Waals surface area (Å²) in [5, 5.41) is 0. The number of methoxy groups -OCH3 is 2. The first-order valence-corrected chi connectivity index (χ1v) is 11.0. The van der Waals surface area contributed by atoms with E-state index in [-0.39, 0.29) is 19.1 Å². The van der Waals surface area contributed by atoms with E-state index in [9.17, 15) is 14.4 Å². The molecule has 0 saturated heterocycles. The lowest BCUT2D eigenvalue weighted by Crippen LogP contribution is -2.40. The molecule has 0 atom stereocenters. The van der Waals surface area contributed by atoms with Crippen LogP contribution in [0.4, 0.5) is 0 Å². The van der Waals surface area contributed by atoms with Crippen LogP contribution in [0.25, 0.3) is 12.2 Å². The van der Waals surface area contributed by atoms with Crippen molar-refractivity contribution in [1.82, 2.24) is 9.47 Å². The van der Waals surface area contributed by atoms with E-state index in [0.717, 1.165) is 11.3 Å². The highest BCUT2D eigenvalue weighted by molar-refractivity contribution is 7.07. The lowest BCUT2D eigenvalue weighted by Gasteiger charge is -2.19. The number of aromatic nitrogens is 1. The minimum absolute atomic E-state index is 0.193. The fraction of sp³-hybridized carbons (Fsp3) is 0.292. The van der Waals surface area contributed by atoms with Gasteiger partial charge in [0.05, 0.1) is 31.4 Å². The third kappa shape index (κ3) is 6.95. The molecule has 0 unspecified atom stereocenters. The molecule has 0 fully saturated rings. The SMILES string of the molecule is C=CCN(CC=C)C(=O)Cn1c(=O)/c(=C\c2cc(OC)cc(OC)c2)s/c1=C\C(=O)OCC. The number of thiazole rings is 1. The summed E-state index contributed by atoms with van der Waals surface area (Å²) in [5.41, 5.74) is 0.272. The van der Waals surface area contributed by atoms with Crippen LogP contribution in [0.1, 0.15) is 12.5 Å². The van der Waals surface area contributed by atoms with Crippen molar-refractivity contribution in [3.8, 4) is 11.5 Å². The topological polar surface area (TPSA) is 87.1 Å². The largest absolute Gasteiger partial charge is 0.497 e. The summed E-state index contributed by atoms with van der Waals surface area (Å²) in [6.07, 6.45) is 6.07. The third-order valence-corrected chi connectivity index (χ3v) is 5.54. The summed E-state index contributed by atoms with van der Waals surface area (Å²) in [4.78, 5) is 39.6. The Morgan fingerprint density at radius 1 is 1.09 bits per heavy atom. The molecular weight excluding hydrogens is 444 g/mol. The van der Waals surface area contributed by atoms with E-state index in [2.05, 4.69) is 13.2 Å². The molecule has 0 aliphatic heterocycles. The molecule has 8 nitrogen and oxygen atoms in total. The molecule has 1 aromatic carbocycles. The monoisotopic (exact) mass is 472 g/mol. The maximum Gasteiger partial charge on any atom is 0.333 e. The van der Waals surface area contributed by atoms with Crippen molar-refractivity contribution in [3.05, 3.63) is 68.6 Å². The Labute approximate surface area is 196 Å². The van der Waals surface area contributed by atoms with Gasteiger partial charge in [0, 0.05) is 19.2 Å². The number of ether oxygens (including phenoxy) is 3. The van der Waals surface area contributed by atoms with Gasteiger partial charge in [0.2, 0.25) is 5.91 Å². The summed E-state index contributed by atoms with van der Waals surface area (Å²) >= 11 is 1.09. The van der Waals surface area contributed by atoms with Gasteiger partial charge < -0.3 is 19.1 Å². The Morgan fingerprint density at radius 2 is 1.70 bits per heavy atom. The lowest BCUT2D eigenvalue weighted by atomic mass is 10.2. The van der Waals surface area contributed by atoms with Gasteiger partial charge in [-0.1, -0.05) is 12.2 Å². The second kappa shape index (κ2) is 12.4. The molecule has 0 bridgehead atoms. The van der Waals surface area contributed by atoms with Gasteiger partial charge in [-0.15, -0.1) is 24.5 Å². The van der Waals surface area contributed by atoms with Crippen molar-refractivity contribution >= 4 is 35.4 Å². The predicted molar refractivity (Wildman–Crippen MR) is 129 cm³/mol. The van der Waals surface area contributed by atoms with Crippen LogP contribution in [0.5, 0.6) is 11.5 Å². The van der Waals surface area contributed by atoms with Crippen molar-refractivity contribution in [2.24, 2.45) is 0 Å². The van der Waals surface area contributed by atoms with Gasteiger partial charge in [0.25, 0.3) is 5.56 Å². The number of rotatable bonds is 11. The second-order valence-corrected chi connectivity index (χ2v) is 7.82. The fourth-order valence-electron chi connectivity index (χ4n) is 2.97. The average molecular weight is 473 g/mol. The molecule has 176 valence electrons. The number of benzene rings is 1. The van der Waals surface area contributed by atoms with Crippen molar-refractivity contribution < 1.29 is 23.8 Å². The van der Waals surface area contributed by atoms with Crippen LogP contribution in [0.2, 0.25) is 0 Å². The first-order valence-electron chi connectivity index (χ1n) is 10.2. The van der Waals surface area contributed by atoms with E-state index in [1.165, 1.54) is 29.8 Å². The van der Waals surface area contributed by atoms with Crippen molar-refractivity contribution in [1.29, 1.82) is 0 Å². The molecule has 9 heteroatoms. The Hall–Kier alpha value is -3.59. The molecule has 33 heavy (non-hydrogen) atoms. The number of nitrogens with zero attached hydrogens (tertiary/aromatic N) is 2. The number of carbonyl (C=O) groups is 2. The third-order valence-electron chi connectivity index (χ3n) is 4.48. The highest BCUT2D eigenvalue weighted by atomic mass is 32.1. The zero-order valence-corrected chi connectivity index (χ0v) is 19.9. The molecule has 1 heterocycles. The Kier molecular flexibility index (Phi) is 9.68. The zero-order valence-electron chi connectivity index (χ0n) is 19.0. The summed E-state index contributed by atoms with van der Waals surface area (Å²) < 4.78 is 17.5. The second-order valence-electron chi connectivity index (χ2n) is 6.76. The molecule has 0 radical (unpaired) electrons. The molecule has 0 N–H and O–H groups in total. The van der Waals surface area contributed by atoms with E-state index in [0.29, 0.717) is 39.3 Å².